The van der Waals surface area contributed by atoms with Gasteiger partial charge < -0.3 is 10.3 Å². The number of pyridine rings is 1. The fourth-order valence-corrected chi connectivity index (χ4v) is 3.42. The Morgan fingerprint density at radius 1 is 1.13 bits per heavy atom. The molecule has 0 radical (unpaired) electrons. The van der Waals surface area contributed by atoms with Gasteiger partial charge in [-0.3, -0.25) is 4.79 Å². The van der Waals surface area contributed by atoms with Gasteiger partial charge in [0.15, 0.2) is 0 Å². The first-order valence-corrected chi connectivity index (χ1v) is 7.05. The first-order chi connectivity index (χ1) is 10.7. The average Bonchev–Trinajstić information content (AvgIpc) is 2.44. The molecule has 2 heterocycles. The number of fused-ring (bicyclic) bond motifs is 2. The molecular weight excluding hydrogens is 312 g/mol. The number of alkyl halides is 3. The maximum Gasteiger partial charge on any atom is 0.402 e. The molecule has 3 nitrogen and oxygen atoms in total. The summed E-state index contributed by atoms with van der Waals surface area (Å²) in [4.78, 5) is 14.4. The molecule has 23 heavy (non-hydrogen) atoms. The minimum atomic E-state index is -4.70. The van der Waals surface area contributed by atoms with E-state index in [-0.39, 0.29) is 22.5 Å². The molecule has 0 fully saturated rings. The number of aromatic nitrogens is 1. The number of hydrogen-bond acceptors (Lipinski definition) is 2. The molecule has 0 bridgehead atoms. The van der Waals surface area contributed by atoms with E-state index in [9.17, 15) is 22.4 Å². The zero-order valence-corrected chi connectivity index (χ0v) is 12.4. The topological polar surface area (TPSA) is 44.9 Å². The predicted octanol–water partition coefficient (Wildman–Crippen LogP) is 4.08. The van der Waals surface area contributed by atoms with Gasteiger partial charge in [0.05, 0.1) is 0 Å². The number of halogens is 4. The number of aromatic amines is 1. The second-order valence-corrected chi connectivity index (χ2v) is 5.87. The molecule has 0 spiro atoms. The summed E-state index contributed by atoms with van der Waals surface area (Å²) < 4.78 is 56.3. The first kappa shape index (κ1) is 15.6. The molecule has 1 aromatic carbocycles. The molecule has 1 aromatic heterocycles. The van der Waals surface area contributed by atoms with Crippen LogP contribution < -0.4 is 10.9 Å². The number of benzene rings is 1. The van der Waals surface area contributed by atoms with Gasteiger partial charge in [0.2, 0.25) is 0 Å². The zero-order chi connectivity index (χ0) is 17.0. The quantitative estimate of drug-likeness (QED) is 0.776. The van der Waals surface area contributed by atoms with Crippen LogP contribution in [0.3, 0.4) is 0 Å². The maximum atomic E-state index is 14.2. The van der Waals surface area contributed by atoms with Crippen molar-refractivity contribution in [1.29, 1.82) is 0 Å². The molecule has 0 amide bonds. The molecule has 3 rings (SSSR count). The van der Waals surface area contributed by atoms with Crippen LogP contribution in [0.25, 0.3) is 0 Å². The Balaban J connectivity index is 2.50. The van der Waals surface area contributed by atoms with Crippen LogP contribution in [0.2, 0.25) is 0 Å². The Morgan fingerprint density at radius 3 is 2.43 bits per heavy atom. The predicted molar refractivity (Wildman–Crippen MR) is 78.4 cm³/mol. The minimum Gasteiger partial charge on any atom is -0.351 e. The fourth-order valence-electron chi connectivity index (χ4n) is 3.42. The van der Waals surface area contributed by atoms with Crippen molar-refractivity contribution < 1.29 is 17.6 Å². The van der Waals surface area contributed by atoms with Crippen LogP contribution >= 0.6 is 0 Å². The molecule has 0 aliphatic carbocycles. The van der Waals surface area contributed by atoms with Crippen LogP contribution in [0.4, 0.5) is 28.9 Å². The Hall–Kier alpha value is -2.31. The first-order valence-electron chi connectivity index (χ1n) is 7.05. The van der Waals surface area contributed by atoms with E-state index < -0.39 is 28.9 Å². The molecule has 2 N–H and O–H groups in total. The van der Waals surface area contributed by atoms with Crippen molar-refractivity contribution in [3.8, 4) is 0 Å². The summed E-state index contributed by atoms with van der Waals surface area (Å²) >= 11 is 0. The van der Waals surface area contributed by atoms with Gasteiger partial charge in [0.25, 0.3) is 5.56 Å². The minimum absolute atomic E-state index is 0.0848. The second kappa shape index (κ2) is 4.84. The lowest BCUT2D eigenvalue weighted by atomic mass is 9.64. The number of anilines is 2. The van der Waals surface area contributed by atoms with Gasteiger partial charge in [0, 0.05) is 17.4 Å². The third-order valence-corrected chi connectivity index (χ3v) is 4.36. The zero-order valence-electron chi connectivity index (χ0n) is 12.4. The highest BCUT2D eigenvalue weighted by Crippen LogP contribution is 2.57. The van der Waals surface area contributed by atoms with Crippen LogP contribution in [-0.4, -0.2) is 11.2 Å². The van der Waals surface area contributed by atoms with Crippen LogP contribution in [0.5, 0.6) is 0 Å². The van der Waals surface area contributed by atoms with Crippen molar-refractivity contribution >= 4 is 11.4 Å². The monoisotopic (exact) mass is 326 g/mol. The summed E-state index contributed by atoms with van der Waals surface area (Å²) in [5.74, 6) is -1.70. The van der Waals surface area contributed by atoms with Gasteiger partial charge >= 0.3 is 6.18 Å². The Bertz CT molecular complexity index is 826. The number of hydrogen-bond donors (Lipinski definition) is 2. The molecule has 1 aliphatic heterocycles. The van der Waals surface area contributed by atoms with Crippen molar-refractivity contribution in [3.63, 3.8) is 0 Å². The van der Waals surface area contributed by atoms with E-state index in [1.54, 1.807) is 0 Å². The van der Waals surface area contributed by atoms with E-state index in [0.717, 1.165) is 12.1 Å². The lowest BCUT2D eigenvalue weighted by molar-refractivity contribution is -0.190. The van der Waals surface area contributed by atoms with Crippen molar-refractivity contribution in [2.24, 2.45) is 5.92 Å². The third kappa shape index (κ3) is 1.99. The SMILES string of the molecule is CC(C)C1(C(F)(F)F)c2cc(F)ccc2Nc2c1cc[nH]c2=O. The van der Waals surface area contributed by atoms with E-state index in [1.165, 1.54) is 32.2 Å². The molecule has 1 unspecified atom stereocenters. The molecule has 2 aromatic rings. The van der Waals surface area contributed by atoms with E-state index in [1.807, 2.05) is 0 Å². The standard InChI is InChI=1S/C16H14F4N2O/c1-8(2)15(16(18,19)20)10-5-6-21-14(23)13(10)22-12-4-3-9(17)7-11(12)15/h3-8,22H,1-2H3,(H,21,23). The molecule has 7 heteroatoms. The second-order valence-electron chi connectivity index (χ2n) is 5.87. The van der Waals surface area contributed by atoms with Gasteiger partial charge in [-0.25, -0.2) is 4.39 Å². The summed E-state index contributed by atoms with van der Waals surface area (Å²) in [5, 5.41) is 2.71. The Kier molecular flexibility index (Phi) is 3.28. The molecule has 0 saturated heterocycles. The summed E-state index contributed by atoms with van der Waals surface area (Å²) in [6.07, 6.45) is -3.52. The van der Waals surface area contributed by atoms with Crippen molar-refractivity contribution in [2.75, 3.05) is 5.32 Å². The van der Waals surface area contributed by atoms with Gasteiger partial charge in [-0.05, 0) is 35.7 Å². The molecular formula is C16H14F4N2O. The van der Waals surface area contributed by atoms with Crippen molar-refractivity contribution in [1.82, 2.24) is 4.98 Å². The summed E-state index contributed by atoms with van der Waals surface area (Å²) in [7, 11) is 0. The lowest BCUT2D eigenvalue weighted by Crippen LogP contribution is -2.50. The van der Waals surface area contributed by atoms with Crippen LogP contribution in [-0.2, 0) is 5.41 Å². The summed E-state index contributed by atoms with van der Waals surface area (Å²) in [6.45, 7) is 2.83. The van der Waals surface area contributed by atoms with Crippen LogP contribution in [0.1, 0.15) is 25.0 Å². The molecule has 1 aliphatic rings. The molecule has 122 valence electrons. The van der Waals surface area contributed by atoms with E-state index in [2.05, 4.69) is 10.3 Å². The Labute approximate surface area is 129 Å². The normalized spacial score (nSPS) is 20.0. The summed E-state index contributed by atoms with van der Waals surface area (Å²) in [6, 6.07) is 4.41. The summed E-state index contributed by atoms with van der Waals surface area (Å²) in [5.41, 5.74) is -3.58. The lowest BCUT2D eigenvalue weighted by Gasteiger charge is -2.44. The number of H-pyrrole nitrogens is 1. The van der Waals surface area contributed by atoms with Crippen LogP contribution in [0, 0.1) is 11.7 Å². The average molecular weight is 326 g/mol. The van der Waals surface area contributed by atoms with Gasteiger partial charge in [0.1, 0.15) is 16.9 Å². The Morgan fingerprint density at radius 2 is 1.83 bits per heavy atom. The van der Waals surface area contributed by atoms with Crippen LogP contribution in [0.15, 0.2) is 35.3 Å². The van der Waals surface area contributed by atoms with Crippen molar-refractivity contribution in [2.45, 2.75) is 25.4 Å². The molecule has 0 saturated carbocycles. The van der Waals surface area contributed by atoms with Gasteiger partial charge in [-0.1, -0.05) is 13.8 Å². The highest BCUT2D eigenvalue weighted by molar-refractivity contribution is 5.76. The largest absolute Gasteiger partial charge is 0.402 e. The van der Waals surface area contributed by atoms with E-state index >= 15 is 0 Å². The van der Waals surface area contributed by atoms with Gasteiger partial charge in [-0.15, -0.1) is 0 Å². The smallest absolute Gasteiger partial charge is 0.351 e. The molecule has 1 atom stereocenters. The number of rotatable bonds is 1. The van der Waals surface area contributed by atoms with Crippen molar-refractivity contribution in [3.05, 3.63) is 57.8 Å². The fraction of sp³-hybridized carbons (Fsp3) is 0.312. The highest BCUT2D eigenvalue weighted by Gasteiger charge is 2.62. The number of nitrogens with one attached hydrogen (secondary N) is 2. The van der Waals surface area contributed by atoms with Gasteiger partial charge in [-0.2, -0.15) is 13.2 Å². The third-order valence-electron chi connectivity index (χ3n) is 4.36. The maximum absolute atomic E-state index is 14.2. The van der Waals surface area contributed by atoms with E-state index in [0.29, 0.717) is 0 Å². The highest BCUT2D eigenvalue weighted by atomic mass is 19.4. The van der Waals surface area contributed by atoms with E-state index in [4.69, 9.17) is 0 Å².